The Balaban J connectivity index is 1.52. The van der Waals surface area contributed by atoms with E-state index >= 15 is 0 Å². The number of amides is 1. The summed E-state index contributed by atoms with van der Waals surface area (Å²) >= 11 is 0. The molecule has 3 aromatic rings. The number of hydroxylamine groups is 1. The number of hydrogen-bond acceptors (Lipinski definition) is 6. The fourth-order valence-corrected chi connectivity index (χ4v) is 4.64. The molecule has 32 heavy (non-hydrogen) atoms. The van der Waals surface area contributed by atoms with Gasteiger partial charge in [-0.1, -0.05) is 23.0 Å². The number of benzene rings is 2. The van der Waals surface area contributed by atoms with Crippen molar-refractivity contribution in [1.29, 1.82) is 0 Å². The van der Waals surface area contributed by atoms with Crippen LogP contribution in [0.5, 0.6) is 0 Å². The first-order valence-corrected chi connectivity index (χ1v) is 11.8. The maximum atomic E-state index is 12.7. The molecule has 0 unspecified atom stereocenters. The van der Waals surface area contributed by atoms with E-state index in [9.17, 15) is 13.2 Å². The Morgan fingerprint density at radius 3 is 2.62 bits per heavy atom. The second-order valence-electron chi connectivity index (χ2n) is 7.56. The third-order valence-corrected chi connectivity index (χ3v) is 7.19. The molecule has 2 aromatic carbocycles. The Kier molecular flexibility index (Phi) is 6.35. The van der Waals surface area contributed by atoms with Gasteiger partial charge in [0.1, 0.15) is 5.82 Å². The van der Waals surface area contributed by atoms with E-state index in [0.717, 1.165) is 47.5 Å². The van der Waals surface area contributed by atoms with E-state index in [1.807, 2.05) is 18.2 Å². The molecule has 0 atom stereocenters. The van der Waals surface area contributed by atoms with Gasteiger partial charge in [-0.2, -0.15) is 0 Å². The van der Waals surface area contributed by atoms with Crippen molar-refractivity contribution < 1.29 is 18.0 Å². The highest BCUT2D eigenvalue weighted by Gasteiger charge is 2.21. The van der Waals surface area contributed by atoms with Crippen LogP contribution in [-0.2, 0) is 27.8 Å². The molecule has 1 aliphatic heterocycles. The molecular formula is C22H25N5O4S. The van der Waals surface area contributed by atoms with Gasteiger partial charge in [0.05, 0.1) is 12.0 Å². The van der Waals surface area contributed by atoms with Crippen LogP contribution >= 0.6 is 0 Å². The standard InChI is InChI=1S/C22H25N5O4S/c1-26(31-2)32(29,30)19-12-10-16(11-13-19)22(28)23-18-8-6-7-17(15-18)21-25-24-20-9-4-3-5-14-27(20)21/h6-8,10-13,15H,3-5,9,14H2,1-2H3,(H,23,28). The zero-order valence-electron chi connectivity index (χ0n) is 18.0. The first-order valence-electron chi connectivity index (χ1n) is 10.4. The molecule has 1 amide bonds. The van der Waals surface area contributed by atoms with Crippen LogP contribution in [0.4, 0.5) is 5.69 Å². The van der Waals surface area contributed by atoms with Crippen LogP contribution in [0, 0.1) is 0 Å². The molecule has 1 aliphatic rings. The number of sulfonamides is 1. The van der Waals surface area contributed by atoms with E-state index in [2.05, 4.69) is 20.1 Å². The monoisotopic (exact) mass is 455 g/mol. The molecule has 0 spiro atoms. The fraction of sp³-hybridized carbons (Fsp3) is 0.318. The van der Waals surface area contributed by atoms with Crippen molar-refractivity contribution in [3.63, 3.8) is 0 Å². The van der Waals surface area contributed by atoms with Gasteiger partial charge in [0.2, 0.25) is 0 Å². The molecule has 1 aromatic heterocycles. The first-order chi connectivity index (χ1) is 15.4. The summed E-state index contributed by atoms with van der Waals surface area (Å²) < 4.78 is 27.5. The lowest BCUT2D eigenvalue weighted by Gasteiger charge is -2.14. The Morgan fingerprint density at radius 1 is 1.09 bits per heavy atom. The van der Waals surface area contributed by atoms with Gasteiger partial charge in [-0.25, -0.2) is 8.42 Å². The van der Waals surface area contributed by atoms with Gasteiger partial charge in [-0.05, 0) is 49.2 Å². The lowest BCUT2D eigenvalue weighted by molar-refractivity contribution is -0.0258. The van der Waals surface area contributed by atoms with E-state index in [4.69, 9.17) is 4.84 Å². The molecule has 0 bridgehead atoms. The molecular weight excluding hydrogens is 430 g/mol. The summed E-state index contributed by atoms with van der Waals surface area (Å²) in [5.74, 6) is 1.46. The SMILES string of the molecule is CON(C)S(=O)(=O)c1ccc(C(=O)Nc2cccc(-c3nnc4n3CCCCC4)c2)cc1. The molecule has 0 radical (unpaired) electrons. The maximum Gasteiger partial charge on any atom is 0.264 e. The van der Waals surface area contributed by atoms with Crippen molar-refractivity contribution in [3.8, 4) is 11.4 Å². The largest absolute Gasteiger partial charge is 0.322 e. The van der Waals surface area contributed by atoms with Crippen molar-refractivity contribution >= 4 is 21.6 Å². The van der Waals surface area contributed by atoms with Gasteiger partial charge < -0.3 is 9.88 Å². The number of fused-ring (bicyclic) bond motifs is 1. The van der Waals surface area contributed by atoms with Gasteiger partial charge >= 0.3 is 0 Å². The third-order valence-electron chi connectivity index (χ3n) is 5.50. The minimum atomic E-state index is -3.77. The van der Waals surface area contributed by atoms with Crippen LogP contribution < -0.4 is 5.32 Å². The predicted molar refractivity (Wildman–Crippen MR) is 119 cm³/mol. The summed E-state index contributed by atoms with van der Waals surface area (Å²) in [5.41, 5.74) is 1.84. The van der Waals surface area contributed by atoms with E-state index < -0.39 is 10.0 Å². The predicted octanol–water partition coefficient (Wildman–Crippen LogP) is 3.11. The molecule has 0 aliphatic carbocycles. The number of rotatable bonds is 6. The van der Waals surface area contributed by atoms with E-state index in [0.29, 0.717) is 11.3 Å². The topological polar surface area (TPSA) is 106 Å². The van der Waals surface area contributed by atoms with Gasteiger partial charge in [-0.3, -0.25) is 9.63 Å². The minimum Gasteiger partial charge on any atom is -0.322 e. The summed E-state index contributed by atoms with van der Waals surface area (Å²) in [7, 11) is -1.20. The van der Waals surface area contributed by atoms with E-state index in [1.165, 1.54) is 44.8 Å². The van der Waals surface area contributed by atoms with Crippen LogP contribution in [0.2, 0.25) is 0 Å². The molecule has 1 N–H and O–H groups in total. The van der Waals surface area contributed by atoms with Crippen molar-refractivity contribution in [2.45, 2.75) is 37.1 Å². The Bertz CT molecular complexity index is 1220. The Labute approximate surface area is 187 Å². The molecule has 9 nitrogen and oxygen atoms in total. The molecule has 10 heteroatoms. The van der Waals surface area contributed by atoms with Crippen LogP contribution in [0.3, 0.4) is 0 Å². The summed E-state index contributed by atoms with van der Waals surface area (Å²) in [6.45, 7) is 0.891. The minimum absolute atomic E-state index is 0.0351. The molecule has 0 saturated heterocycles. The summed E-state index contributed by atoms with van der Waals surface area (Å²) in [4.78, 5) is 17.5. The number of carbonyl (C=O) groups excluding carboxylic acids is 1. The van der Waals surface area contributed by atoms with Crippen LogP contribution in [-0.4, -0.2) is 47.7 Å². The Hall–Kier alpha value is -3.08. The fourth-order valence-electron chi connectivity index (χ4n) is 3.66. The van der Waals surface area contributed by atoms with E-state index in [-0.39, 0.29) is 10.8 Å². The molecule has 0 saturated carbocycles. The van der Waals surface area contributed by atoms with Gasteiger partial charge in [0.15, 0.2) is 5.82 Å². The number of aryl methyl sites for hydroxylation is 1. The average molecular weight is 456 g/mol. The van der Waals surface area contributed by atoms with Crippen LogP contribution in [0.1, 0.15) is 35.4 Å². The van der Waals surface area contributed by atoms with Crippen molar-refractivity contribution in [1.82, 2.24) is 19.2 Å². The number of aromatic nitrogens is 3. The van der Waals surface area contributed by atoms with Gasteiger partial charge in [0, 0.05) is 36.8 Å². The quantitative estimate of drug-likeness (QED) is 0.573. The van der Waals surface area contributed by atoms with Crippen LogP contribution in [0.15, 0.2) is 53.4 Å². The molecule has 2 heterocycles. The summed E-state index contributed by atoms with van der Waals surface area (Å²) in [5, 5.41) is 11.6. The lowest BCUT2D eigenvalue weighted by atomic mass is 10.1. The Morgan fingerprint density at radius 2 is 1.88 bits per heavy atom. The number of hydrogen-bond donors (Lipinski definition) is 1. The van der Waals surface area contributed by atoms with Crippen LogP contribution in [0.25, 0.3) is 11.4 Å². The number of carbonyl (C=O) groups is 1. The van der Waals surface area contributed by atoms with E-state index in [1.54, 1.807) is 6.07 Å². The highest BCUT2D eigenvalue weighted by atomic mass is 32.2. The number of nitrogens with one attached hydrogen (secondary N) is 1. The summed E-state index contributed by atoms with van der Waals surface area (Å²) in [6.07, 6.45) is 4.33. The van der Waals surface area contributed by atoms with Gasteiger partial charge in [0.25, 0.3) is 15.9 Å². The number of anilines is 1. The summed E-state index contributed by atoms with van der Waals surface area (Å²) in [6, 6.07) is 13.2. The smallest absolute Gasteiger partial charge is 0.264 e. The zero-order chi connectivity index (χ0) is 22.7. The average Bonchev–Trinajstić information content (AvgIpc) is 3.06. The highest BCUT2D eigenvalue weighted by Crippen LogP contribution is 2.25. The normalized spacial score (nSPS) is 14.1. The lowest BCUT2D eigenvalue weighted by Crippen LogP contribution is -2.25. The highest BCUT2D eigenvalue weighted by molar-refractivity contribution is 7.89. The molecule has 168 valence electrons. The van der Waals surface area contributed by atoms with Crippen molar-refractivity contribution in [2.24, 2.45) is 0 Å². The van der Waals surface area contributed by atoms with Crippen molar-refractivity contribution in [3.05, 3.63) is 59.9 Å². The second-order valence-corrected chi connectivity index (χ2v) is 9.49. The van der Waals surface area contributed by atoms with Gasteiger partial charge in [-0.15, -0.1) is 10.2 Å². The third kappa shape index (κ3) is 4.43. The zero-order valence-corrected chi connectivity index (χ0v) is 18.8. The maximum absolute atomic E-state index is 12.7. The van der Waals surface area contributed by atoms with Crippen molar-refractivity contribution in [2.75, 3.05) is 19.5 Å². The molecule has 4 rings (SSSR count). The first kappa shape index (κ1) is 22.1. The second kappa shape index (κ2) is 9.19. The molecule has 0 fully saturated rings. The number of nitrogens with zero attached hydrogens (tertiary/aromatic N) is 4.